The smallest absolute Gasteiger partial charge is 0.119 e. The zero-order chi connectivity index (χ0) is 15.3. The zero-order valence-electron chi connectivity index (χ0n) is 14.0. The Morgan fingerprint density at radius 3 is 2.05 bits per heavy atom. The lowest BCUT2D eigenvalue weighted by Gasteiger charge is -2.22. The van der Waals surface area contributed by atoms with Gasteiger partial charge >= 0.3 is 0 Å². The highest BCUT2D eigenvalue weighted by Gasteiger charge is 2.15. The maximum atomic E-state index is 10.4. The van der Waals surface area contributed by atoms with E-state index in [-0.39, 0.29) is 0 Å². The number of phenolic OH excluding ortho intramolecular Hbond substituents is 1. The normalized spacial score (nSPS) is 11.8. The molecule has 0 saturated carbocycles. The molecule has 2 nitrogen and oxygen atoms in total. The minimum Gasteiger partial charge on any atom is -0.508 e. The average molecular weight is 277 g/mol. The topological polar surface area (TPSA) is 23.5 Å². The molecular formula is C18H31NO. The van der Waals surface area contributed by atoms with Gasteiger partial charge in [-0.25, -0.2) is 0 Å². The molecule has 0 aliphatic heterocycles. The summed E-state index contributed by atoms with van der Waals surface area (Å²) in [5, 5.41) is 10.4. The van der Waals surface area contributed by atoms with Crippen molar-refractivity contribution in [1.82, 2.24) is 4.90 Å². The number of hydrogen-bond acceptors (Lipinski definition) is 2. The number of likely N-dealkylation sites (N-methyl/N-ethyl adjacent to an activating group) is 1. The molecule has 0 aliphatic carbocycles. The summed E-state index contributed by atoms with van der Waals surface area (Å²) in [6.07, 6.45) is 0.930. The van der Waals surface area contributed by atoms with Crippen LogP contribution in [-0.2, 0) is 6.42 Å². The molecule has 0 spiro atoms. The van der Waals surface area contributed by atoms with Gasteiger partial charge in [0.2, 0.25) is 0 Å². The number of rotatable bonds is 7. The van der Waals surface area contributed by atoms with Gasteiger partial charge in [0.25, 0.3) is 0 Å². The van der Waals surface area contributed by atoms with Gasteiger partial charge in [0.15, 0.2) is 0 Å². The van der Waals surface area contributed by atoms with Gasteiger partial charge in [-0.1, -0.05) is 47.6 Å². The lowest BCUT2D eigenvalue weighted by molar-refractivity contribution is 0.306. The van der Waals surface area contributed by atoms with Crippen LogP contribution in [0, 0.1) is 0 Å². The van der Waals surface area contributed by atoms with Crippen LogP contribution in [0.15, 0.2) is 12.1 Å². The second-order valence-corrected chi connectivity index (χ2v) is 6.19. The van der Waals surface area contributed by atoms with Crippen LogP contribution in [0.2, 0.25) is 0 Å². The summed E-state index contributed by atoms with van der Waals surface area (Å²) in [6, 6.07) is 4.24. The first-order chi connectivity index (χ1) is 9.40. The molecule has 0 radical (unpaired) electrons. The Hall–Kier alpha value is -1.02. The Labute approximate surface area is 124 Å². The second-order valence-electron chi connectivity index (χ2n) is 6.19. The first-order valence-electron chi connectivity index (χ1n) is 7.98. The molecule has 0 bridgehead atoms. The third-order valence-electron chi connectivity index (χ3n) is 4.14. The second kappa shape index (κ2) is 7.68. The maximum Gasteiger partial charge on any atom is 0.119 e. The molecule has 0 atom stereocenters. The van der Waals surface area contributed by atoms with Gasteiger partial charge in [0.05, 0.1) is 0 Å². The lowest BCUT2D eigenvalue weighted by Crippen LogP contribution is -2.25. The zero-order valence-corrected chi connectivity index (χ0v) is 14.0. The van der Waals surface area contributed by atoms with Gasteiger partial charge < -0.3 is 10.0 Å². The number of phenols is 1. The Bertz CT molecular complexity index is 420. The van der Waals surface area contributed by atoms with Crippen molar-refractivity contribution in [3.63, 3.8) is 0 Å². The van der Waals surface area contributed by atoms with Gasteiger partial charge in [0.1, 0.15) is 5.75 Å². The van der Waals surface area contributed by atoms with E-state index >= 15 is 0 Å². The van der Waals surface area contributed by atoms with Crippen molar-refractivity contribution in [2.75, 3.05) is 19.6 Å². The summed E-state index contributed by atoms with van der Waals surface area (Å²) >= 11 is 0. The molecule has 1 aromatic carbocycles. The Balaban J connectivity index is 3.05. The SMILES string of the molecule is CCN(CC)CCc1c(O)cc(C(C)C)cc1C(C)C. The predicted octanol–water partition coefficient (Wildman–Crippen LogP) is 4.52. The van der Waals surface area contributed by atoms with E-state index < -0.39 is 0 Å². The standard InChI is InChI=1S/C18H31NO/c1-7-19(8-2)10-9-16-17(14(5)6)11-15(13(3)4)12-18(16)20/h11-14,20H,7-10H2,1-6H3. The van der Waals surface area contributed by atoms with Crippen molar-refractivity contribution in [2.24, 2.45) is 0 Å². The van der Waals surface area contributed by atoms with Crippen molar-refractivity contribution in [1.29, 1.82) is 0 Å². The molecule has 0 unspecified atom stereocenters. The summed E-state index contributed by atoms with van der Waals surface area (Å²) in [7, 11) is 0. The van der Waals surface area contributed by atoms with Crippen LogP contribution in [0.25, 0.3) is 0 Å². The van der Waals surface area contributed by atoms with Crippen LogP contribution in [0.5, 0.6) is 5.75 Å². The highest BCUT2D eigenvalue weighted by Crippen LogP contribution is 2.32. The summed E-state index contributed by atoms with van der Waals surface area (Å²) in [5.74, 6) is 1.38. The lowest BCUT2D eigenvalue weighted by atomic mass is 9.89. The molecule has 1 rings (SSSR count). The molecule has 20 heavy (non-hydrogen) atoms. The van der Waals surface area contributed by atoms with E-state index in [2.05, 4.69) is 52.5 Å². The predicted molar refractivity (Wildman–Crippen MR) is 87.8 cm³/mol. The first kappa shape index (κ1) is 17.0. The van der Waals surface area contributed by atoms with Crippen LogP contribution in [0.4, 0.5) is 0 Å². The highest BCUT2D eigenvalue weighted by molar-refractivity contribution is 5.45. The summed E-state index contributed by atoms with van der Waals surface area (Å²) in [4.78, 5) is 2.40. The van der Waals surface area contributed by atoms with E-state index in [1.54, 1.807) is 0 Å². The Morgan fingerprint density at radius 1 is 1.00 bits per heavy atom. The maximum absolute atomic E-state index is 10.4. The fourth-order valence-electron chi connectivity index (χ4n) is 2.63. The van der Waals surface area contributed by atoms with Crippen molar-refractivity contribution in [2.45, 2.75) is 59.8 Å². The van der Waals surface area contributed by atoms with Crippen LogP contribution >= 0.6 is 0 Å². The van der Waals surface area contributed by atoms with Crippen LogP contribution in [0.1, 0.15) is 70.1 Å². The number of hydrogen-bond donors (Lipinski definition) is 1. The molecule has 0 saturated heterocycles. The quantitative estimate of drug-likeness (QED) is 0.792. The van der Waals surface area contributed by atoms with Crippen molar-refractivity contribution in [3.05, 3.63) is 28.8 Å². The molecule has 1 aromatic rings. The molecule has 0 fully saturated rings. The van der Waals surface area contributed by atoms with E-state index in [9.17, 15) is 5.11 Å². The molecule has 2 heteroatoms. The fraction of sp³-hybridized carbons (Fsp3) is 0.667. The van der Waals surface area contributed by atoms with Gasteiger partial charge in [-0.15, -0.1) is 0 Å². The number of nitrogens with zero attached hydrogens (tertiary/aromatic N) is 1. The molecule has 0 aliphatic rings. The minimum atomic E-state index is 0.450. The number of aromatic hydroxyl groups is 1. The number of benzene rings is 1. The van der Waals surface area contributed by atoms with Gasteiger partial charge in [0, 0.05) is 6.54 Å². The first-order valence-corrected chi connectivity index (χ1v) is 7.98. The van der Waals surface area contributed by atoms with E-state index in [0.717, 1.165) is 31.6 Å². The van der Waals surface area contributed by atoms with Crippen molar-refractivity contribution < 1.29 is 5.11 Å². The summed E-state index contributed by atoms with van der Waals surface area (Å²) in [6.45, 7) is 16.3. The molecule has 1 N–H and O–H groups in total. The summed E-state index contributed by atoms with van der Waals surface area (Å²) in [5.41, 5.74) is 3.68. The molecule has 0 aromatic heterocycles. The van der Waals surface area contributed by atoms with E-state index in [1.165, 1.54) is 11.1 Å². The third kappa shape index (κ3) is 4.24. The van der Waals surface area contributed by atoms with Crippen LogP contribution in [-0.4, -0.2) is 29.6 Å². The van der Waals surface area contributed by atoms with Crippen LogP contribution < -0.4 is 0 Å². The van der Waals surface area contributed by atoms with Crippen LogP contribution in [0.3, 0.4) is 0 Å². The van der Waals surface area contributed by atoms with E-state index in [0.29, 0.717) is 17.6 Å². The van der Waals surface area contributed by atoms with Crippen molar-refractivity contribution in [3.8, 4) is 5.75 Å². The van der Waals surface area contributed by atoms with E-state index in [4.69, 9.17) is 0 Å². The molecule has 114 valence electrons. The van der Waals surface area contributed by atoms with Gasteiger partial charge in [-0.3, -0.25) is 0 Å². The Morgan fingerprint density at radius 2 is 1.60 bits per heavy atom. The fourth-order valence-corrected chi connectivity index (χ4v) is 2.63. The van der Waals surface area contributed by atoms with E-state index in [1.807, 2.05) is 6.07 Å². The monoisotopic (exact) mass is 277 g/mol. The van der Waals surface area contributed by atoms with Gasteiger partial charge in [-0.05, 0) is 54.1 Å². The summed E-state index contributed by atoms with van der Waals surface area (Å²) < 4.78 is 0. The van der Waals surface area contributed by atoms with Crippen molar-refractivity contribution >= 4 is 0 Å². The molecule has 0 amide bonds. The third-order valence-corrected chi connectivity index (χ3v) is 4.14. The molecular weight excluding hydrogens is 246 g/mol. The molecule has 0 heterocycles. The minimum absolute atomic E-state index is 0.450. The Kier molecular flexibility index (Phi) is 6.54. The average Bonchev–Trinajstić information content (AvgIpc) is 2.40. The van der Waals surface area contributed by atoms with Gasteiger partial charge in [-0.2, -0.15) is 0 Å². The largest absolute Gasteiger partial charge is 0.508 e. The highest BCUT2D eigenvalue weighted by atomic mass is 16.3.